The lowest BCUT2D eigenvalue weighted by molar-refractivity contribution is -0.149. The molecule has 2 amide bonds. The Bertz CT molecular complexity index is 382. The van der Waals surface area contributed by atoms with Gasteiger partial charge in [0, 0.05) is 35.0 Å². The molecular weight excluding hydrogens is 300 g/mol. The van der Waals surface area contributed by atoms with Gasteiger partial charge in [-0.05, 0) is 83.1 Å². The third kappa shape index (κ3) is 6.45. The van der Waals surface area contributed by atoms with E-state index in [2.05, 4.69) is 0 Å². The van der Waals surface area contributed by atoms with E-state index in [0.717, 1.165) is 0 Å². The van der Waals surface area contributed by atoms with Crippen LogP contribution in [0.3, 0.4) is 0 Å². The predicted octanol–water partition coefficient (Wildman–Crippen LogP) is 4.62. The molecule has 0 aromatic carbocycles. The second-order valence-electron chi connectivity index (χ2n) is 10.6. The molecule has 4 heteroatoms. The van der Waals surface area contributed by atoms with Crippen molar-refractivity contribution in [3.63, 3.8) is 0 Å². The van der Waals surface area contributed by atoms with Gasteiger partial charge in [-0.25, -0.2) is 0 Å². The summed E-state index contributed by atoms with van der Waals surface area (Å²) >= 11 is 0. The molecule has 0 bridgehead atoms. The number of rotatable bonds is 3. The number of nitrogens with zero attached hydrogens (tertiary/aromatic N) is 2. The minimum absolute atomic E-state index is 0.0334. The van der Waals surface area contributed by atoms with Gasteiger partial charge in [0.1, 0.15) is 0 Å². The molecule has 0 spiro atoms. The summed E-state index contributed by atoms with van der Waals surface area (Å²) in [6.45, 7) is 24.4. The predicted molar refractivity (Wildman–Crippen MR) is 102 cm³/mol. The lowest BCUT2D eigenvalue weighted by Crippen LogP contribution is -2.57. The minimum atomic E-state index is -0.272. The third-order valence-corrected chi connectivity index (χ3v) is 3.73. The molecule has 142 valence electrons. The molecule has 0 rings (SSSR count). The van der Waals surface area contributed by atoms with Gasteiger partial charge >= 0.3 is 0 Å². The van der Waals surface area contributed by atoms with Crippen LogP contribution in [0.25, 0.3) is 0 Å². The molecule has 0 saturated carbocycles. The number of carbonyl (C=O) groups is 2. The number of hydrogen-bond acceptors (Lipinski definition) is 2. The zero-order valence-corrected chi connectivity index (χ0v) is 18.1. The van der Waals surface area contributed by atoms with Crippen LogP contribution in [0.15, 0.2) is 0 Å². The Morgan fingerprint density at radius 2 is 0.667 bits per heavy atom. The first-order valence-corrected chi connectivity index (χ1v) is 8.96. The minimum Gasteiger partial charge on any atom is -0.333 e. The Labute approximate surface area is 150 Å². The van der Waals surface area contributed by atoms with E-state index in [-0.39, 0.29) is 46.8 Å². The second-order valence-corrected chi connectivity index (χ2v) is 10.6. The van der Waals surface area contributed by atoms with E-state index >= 15 is 0 Å². The van der Waals surface area contributed by atoms with Crippen LogP contribution in [0.4, 0.5) is 0 Å². The Kier molecular flexibility index (Phi) is 6.74. The summed E-state index contributed by atoms with van der Waals surface area (Å²) in [6.07, 6.45) is 0.492. The molecule has 0 fully saturated rings. The smallest absolute Gasteiger partial charge is 0.223 e. The van der Waals surface area contributed by atoms with E-state index in [1.54, 1.807) is 0 Å². The van der Waals surface area contributed by atoms with E-state index in [9.17, 15) is 9.59 Å². The number of amides is 2. The molecule has 0 radical (unpaired) electrons. The molecule has 0 aliphatic heterocycles. The maximum Gasteiger partial charge on any atom is 0.223 e. The lowest BCUT2D eigenvalue weighted by Gasteiger charge is -2.47. The fourth-order valence-corrected chi connectivity index (χ4v) is 3.95. The lowest BCUT2D eigenvalue weighted by atomic mass is 9.93. The average Bonchev–Trinajstić information content (AvgIpc) is 2.17. The quantitative estimate of drug-likeness (QED) is 0.752. The summed E-state index contributed by atoms with van der Waals surface area (Å²) in [5.74, 6) is 0.0669. The Balaban J connectivity index is 5.24. The standard InChI is InChI=1S/C20H40N2O2/c1-17(2,3)21(18(4,5)6)15(23)13-14-16(24)22(19(7,8)9)20(10,11)12/h13-14H2,1-12H3. The molecular formula is C20H40N2O2. The molecule has 0 N–H and O–H groups in total. The molecule has 0 unspecified atom stereocenters. The van der Waals surface area contributed by atoms with Crippen molar-refractivity contribution in [3.05, 3.63) is 0 Å². The zero-order valence-electron chi connectivity index (χ0n) is 18.1. The van der Waals surface area contributed by atoms with Gasteiger partial charge in [-0.1, -0.05) is 0 Å². The van der Waals surface area contributed by atoms with Crippen LogP contribution in [-0.2, 0) is 9.59 Å². The van der Waals surface area contributed by atoms with Crippen LogP contribution in [0.2, 0.25) is 0 Å². The van der Waals surface area contributed by atoms with Gasteiger partial charge in [0.05, 0.1) is 0 Å². The summed E-state index contributed by atoms with van der Waals surface area (Å²) in [7, 11) is 0. The van der Waals surface area contributed by atoms with Gasteiger partial charge in [0.15, 0.2) is 0 Å². The van der Waals surface area contributed by atoms with Crippen LogP contribution >= 0.6 is 0 Å². The van der Waals surface area contributed by atoms with E-state index in [4.69, 9.17) is 0 Å². The zero-order chi connectivity index (χ0) is 19.7. The Morgan fingerprint density at radius 3 is 0.792 bits per heavy atom. The van der Waals surface area contributed by atoms with E-state index in [0.29, 0.717) is 0 Å². The van der Waals surface area contributed by atoms with Crippen LogP contribution in [0.1, 0.15) is 95.9 Å². The maximum atomic E-state index is 12.8. The molecule has 0 aromatic rings. The molecule has 0 aromatic heterocycles. The van der Waals surface area contributed by atoms with Crippen LogP contribution in [0, 0.1) is 0 Å². The first-order chi connectivity index (χ1) is 10.3. The van der Waals surface area contributed by atoms with E-state index < -0.39 is 0 Å². The molecule has 0 aliphatic rings. The first kappa shape index (κ1) is 22.9. The highest BCUT2D eigenvalue weighted by Crippen LogP contribution is 2.28. The van der Waals surface area contributed by atoms with E-state index in [1.165, 1.54) is 0 Å². The summed E-state index contributed by atoms with van der Waals surface area (Å²) in [5.41, 5.74) is -1.09. The van der Waals surface area contributed by atoms with Gasteiger partial charge in [-0.3, -0.25) is 9.59 Å². The first-order valence-electron chi connectivity index (χ1n) is 8.96. The Morgan fingerprint density at radius 1 is 0.500 bits per heavy atom. The highest BCUT2D eigenvalue weighted by Gasteiger charge is 2.38. The summed E-state index contributed by atoms with van der Waals surface area (Å²) in [5, 5.41) is 0. The van der Waals surface area contributed by atoms with E-state index in [1.807, 2.05) is 92.9 Å². The van der Waals surface area contributed by atoms with Gasteiger partial charge in [-0.15, -0.1) is 0 Å². The molecule has 0 atom stereocenters. The highest BCUT2D eigenvalue weighted by atomic mass is 16.2. The molecule has 0 heterocycles. The van der Waals surface area contributed by atoms with Gasteiger partial charge in [0.2, 0.25) is 11.8 Å². The maximum absolute atomic E-state index is 12.8. The second kappa shape index (κ2) is 7.05. The number of carbonyl (C=O) groups excluding carboxylic acids is 2. The summed E-state index contributed by atoms with van der Waals surface area (Å²) in [4.78, 5) is 29.4. The van der Waals surface area contributed by atoms with Crippen LogP contribution in [-0.4, -0.2) is 43.8 Å². The summed E-state index contributed by atoms with van der Waals surface area (Å²) < 4.78 is 0. The van der Waals surface area contributed by atoms with Crippen molar-refractivity contribution in [1.29, 1.82) is 0 Å². The highest BCUT2D eigenvalue weighted by molar-refractivity contribution is 5.85. The van der Waals surface area contributed by atoms with Crippen molar-refractivity contribution >= 4 is 11.8 Å². The fraction of sp³-hybridized carbons (Fsp3) is 0.900. The van der Waals surface area contributed by atoms with Crippen LogP contribution < -0.4 is 0 Å². The average molecular weight is 341 g/mol. The normalized spacial score (nSPS) is 13.7. The van der Waals surface area contributed by atoms with Crippen molar-refractivity contribution in [3.8, 4) is 0 Å². The SMILES string of the molecule is CC(C)(C)N(C(=O)CCC(=O)N(C(C)(C)C)C(C)(C)C)C(C)(C)C. The van der Waals surface area contributed by atoms with Gasteiger partial charge < -0.3 is 9.80 Å². The van der Waals surface area contributed by atoms with Crippen molar-refractivity contribution in [2.24, 2.45) is 0 Å². The van der Waals surface area contributed by atoms with Crippen LogP contribution in [0.5, 0.6) is 0 Å². The molecule has 24 heavy (non-hydrogen) atoms. The molecule has 4 nitrogen and oxygen atoms in total. The third-order valence-electron chi connectivity index (χ3n) is 3.73. The fourth-order valence-electron chi connectivity index (χ4n) is 3.95. The largest absolute Gasteiger partial charge is 0.333 e. The molecule has 0 aliphatic carbocycles. The van der Waals surface area contributed by atoms with Gasteiger partial charge in [-0.2, -0.15) is 0 Å². The van der Waals surface area contributed by atoms with Crippen molar-refractivity contribution in [1.82, 2.24) is 9.80 Å². The number of hydrogen-bond donors (Lipinski definition) is 0. The van der Waals surface area contributed by atoms with Crippen molar-refractivity contribution < 1.29 is 9.59 Å². The van der Waals surface area contributed by atoms with Gasteiger partial charge in [0.25, 0.3) is 0 Å². The monoisotopic (exact) mass is 340 g/mol. The Hall–Kier alpha value is -1.06. The topological polar surface area (TPSA) is 40.6 Å². The summed E-state index contributed by atoms with van der Waals surface area (Å²) in [6, 6.07) is 0. The molecule has 0 saturated heterocycles. The van der Waals surface area contributed by atoms with Crippen molar-refractivity contribution in [2.45, 2.75) is 118 Å². The van der Waals surface area contributed by atoms with Crippen molar-refractivity contribution in [2.75, 3.05) is 0 Å².